The monoisotopic (exact) mass is 280 g/mol. The number of hydrogen-bond donors (Lipinski definition) is 1. The molecule has 98 valence electrons. The average Bonchev–Trinajstić information content (AvgIpc) is 2.84. The Labute approximate surface area is 117 Å². The molecule has 0 fully saturated rings. The van der Waals surface area contributed by atoms with Gasteiger partial charge in [0.2, 0.25) is 0 Å². The minimum atomic E-state index is 0.298. The molecule has 2 aromatic rings. The van der Waals surface area contributed by atoms with E-state index in [-0.39, 0.29) is 0 Å². The van der Waals surface area contributed by atoms with Gasteiger partial charge in [-0.3, -0.25) is 0 Å². The van der Waals surface area contributed by atoms with Crippen LogP contribution in [0.3, 0.4) is 0 Å². The Morgan fingerprint density at radius 1 is 1.06 bits per heavy atom. The predicted molar refractivity (Wildman–Crippen MR) is 80.6 cm³/mol. The first-order chi connectivity index (χ1) is 8.47. The summed E-state index contributed by atoms with van der Waals surface area (Å²) in [4.78, 5) is 8.70. The maximum atomic E-state index is 4.62. The van der Waals surface area contributed by atoms with Crippen LogP contribution in [0.25, 0.3) is 0 Å². The number of hydrogen-bond acceptors (Lipinski definition) is 4. The summed E-state index contributed by atoms with van der Waals surface area (Å²) >= 11 is 3.64. The van der Waals surface area contributed by atoms with Crippen LogP contribution in [0.2, 0.25) is 0 Å². The fourth-order valence-corrected chi connectivity index (χ4v) is 3.97. The number of rotatable bonds is 4. The first kappa shape index (κ1) is 13.7. The van der Waals surface area contributed by atoms with Gasteiger partial charge >= 0.3 is 0 Å². The Morgan fingerprint density at radius 2 is 1.78 bits per heavy atom. The van der Waals surface area contributed by atoms with E-state index in [1.54, 1.807) is 11.3 Å². The molecule has 2 aromatic heterocycles. The van der Waals surface area contributed by atoms with E-state index in [2.05, 4.69) is 57.1 Å². The molecule has 0 saturated carbocycles. The van der Waals surface area contributed by atoms with Crippen molar-refractivity contribution in [2.75, 3.05) is 0 Å². The molecular weight excluding hydrogens is 260 g/mol. The zero-order chi connectivity index (χ0) is 13.3. The van der Waals surface area contributed by atoms with E-state index in [0.717, 1.165) is 5.01 Å². The number of nitrogens with one attached hydrogen (secondary N) is 1. The van der Waals surface area contributed by atoms with Crippen molar-refractivity contribution in [1.29, 1.82) is 0 Å². The van der Waals surface area contributed by atoms with Gasteiger partial charge in [-0.15, -0.1) is 22.7 Å². The maximum absolute atomic E-state index is 4.62. The van der Waals surface area contributed by atoms with Crippen molar-refractivity contribution in [1.82, 2.24) is 10.3 Å². The Bertz CT molecular complexity index is 528. The van der Waals surface area contributed by atoms with Gasteiger partial charge in [-0.25, -0.2) is 4.98 Å². The lowest BCUT2D eigenvalue weighted by molar-refractivity contribution is 0.491. The molecule has 18 heavy (non-hydrogen) atoms. The van der Waals surface area contributed by atoms with E-state index >= 15 is 0 Å². The van der Waals surface area contributed by atoms with Crippen LogP contribution < -0.4 is 5.32 Å². The van der Waals surface area contributed by atoms with E-state index in [0.29, 0.717) is 12.1 Å². The quantitative estimate of drug-likeness (QED) is 0.889. The molecule has 2 nitrogen and oxygen atoms in total. The van der Waals surface area contributed by atoms with Gasteiger partial charge in [0.1, 0.15) is 0 Å². The molecule has 0 bridgehead atoms. The summed E-state index contributed by atoms with van der Waals surface area (Å²) in [5, 5.41) is 4.78. The smallest absolute Gasteiger partial charge is 0.0900 e. The highest BCUT2D eigenvalue weighted by molar-refractivity contribution is 7.12. The minimum Gasteiger partial charge on any atom is -0.301 e. The van der Waals surface area contributed by atoms with Gasteiger partial charge in [-0.2, -0.15) is 0 Å². The van der Waals surface area contributed by atoms with Crippen LogP contribution in [0, 0.1) is 20.8 Å². The molecule has 2 rings (SSSR count). The van der Waals surface area contributed by atoms with Crippen LogP contribution in [0.15, 0.2) is 12.1 Å². The van der Waals surface area contributed by atoms with Crippen molar-refractivity contribution in [2.24, 2.45) is 0 Å². The van der Waals surface area contributed by atoms with E-state index in [1.165, 1.54) is 20.3 Å². The van der Waals surface area contributed by atoms with Gasteiger partial charge in [0, 0.05) is 26.7 Å². The summed E-state index contributed by atoms with van der Waals surface area (Å²) in [6.45, 7) is 10.8. The topological polar surface area (TPSA) is 24.9 Å². The summed E-state index contributed by atoms with van der Waals surface area (Å²) in [7, 11) is 0. The van der Waals surface area contributed by atoms with Gasteiger partial charge in [-0.05, 0) is 46.8 Å². The van der Waals surface area contributed by atoms with Crippen LogP contribution in [-0.4, -0.2) is 4.98 Å². The summed E-state index contributed by atoms with van der Waals surface area (Å²) in [6.07, 6.45) is 0. The number of thiazole rings is 1. The number of aryl methyl sites for hydroxylation is 3. The molecular formula is C14H20N2S2. The lowest BCUT2D eigenvalue weighted by Crippen LogP contribution is -2.22. The highest BCUT2D eigenvalue weighted by Gasteiger charge is 2.16. The summed E-state index contributed by atoms with van der Waals surface area (Å²) in [5.74, 6) is 0. The van der Waals surface area contributed by atoms with E-state index < -0.39 is 0 Å². The van der Waals surface area contributed by atoms with Gasteiger partial charge in [-0.1, -0.05) is 0 Å². The second-order valence-corrected chi connectivity index (χ2v) is 7.46. The third kappa shape index (κ3) is 2.99. The molecule has 0 aromatic carbocycles. The van der Waals surface area contributed by atoms with Gasteiger partial charge in [0.05, 0.1) is 10.7 Å². The highest BCUT2D eigenvalue weighted by atomic mass is 32.1. The van der Waals surface area contributed by atoms with E-state index in [1.807, 2.05) is 11.3 Å². The third-order valence-corrected chi connectivity index (χ3v) is 5.12. The molecule has 0 radical (unpaired) electrons. The fourth-order valence-electron chi connectivity index (χ4n) is 2.17. The minimum absolute atomic E-state index is 0.298. The molecule has 0 aliphatic rings. The summed E-state index contributed by atoms with van der Waals surface area (Å²) in [5.41, 5.74) is 1.19. The maximum Gasteiger partial charge on any atom is 0.0900 e. The highest BCUT2D eigenvalue weighted by Crippen LogP contribution is 2.27. The number of thiophene rings is 1. The van der Waals surface area contributed by atoms with Crippen LogP contribution in [-0.2, 0) is 0 Å². The Kier molecular flexibility index (Phi) is 4.20. The molecule has 0 aliphatic carbocycles. The van der Waals surface area contributed by atoms with Gasteiger partial charge in [0.25, 0.3) is 0 Å². The lowest BCUT2D eigenvalue weighted by Gasteiger charge is -2.18. The molecule has 0 saturated heterocycles. The van der Waals surface area contributed by atoms with Crippen LogP contribution in [0.4, 0.5) is 0 Å². The Morgan fingerprint density at radius 3 is 2.28 bits per heavy atom. The third-order valence-electron chi connectivity index (χ3n) is 3.04. The van der Waals surface area contributed by atoms with Crippen LogP contribution in [0.5, 0.6) is 0 Å². The SMILES string of the molecule is Cc1ccc(C(C)NC(C)c2nc(C)sc2C)s1. The normalized spacial score (nSPS) is 14.7. The molecule has 2 heterocycles. The van der Waals surface area contributed by atoms with Gasteiger partial charge < -0.3 is 5.32 Å². The molecule has 2 unspecified atom stereocenters. The number of nitrogens with zero attached hydrogens (tertiary/aromatic N) is 1. The van der Waals surface area contributed by atoms with E-state index in [4.69, 9.17) is 0 Å². The van der Waals surface area contributed by atoms with Crippen molar-refractivity contribution >= 4 is 22.7 Å². The first-order valence-corrected chi connectivity index (χ1v) is 7.87. The lowest BCUT2D eigenvalue weighted by atomic mass is 10.1. The predicted octanol–water partition coefficient (Wildman–Crippen LogP) is 4.54. The fraction of sp³-hybridized carbons (Fsp3) is 0.500. The Balaban J connectivity index is 2.07. The molecule has 2 atom stereocenters. The zero-order valence-corrected chi connectivity index (χ0v) is 13.2. The van der Waals surface area contributed by atoms with Crippen LogP contribution in [0.1, 0.15) is 51.3 Å². The number of aromatic nitrogens is 1. The standard InChI is InChI=1S/C14H20N2S2/c1-8-6-7-13(17-8)9(2)15-10(3)14-11(4)18-12(5)16-14/h6-7,9-10,15H,1-5H3. The molecule has 0 amide bonds. The largest absolute Gasteiger partial charge is 0.301 e. The van der Waals surface area contributed by atoms with Crippen molar-refractivity contribution in [2.45, 2.75) is 46.7 Å². The van der Waals surface area contributed by atoms with E-state index in [9.17, 15) is 0 Å². The molecule has 4 heteroatoms. The van der Waals surface area contributed by atoms with Crippen LogP contribution >= 0.6 is 22.7 Å². The molecule has 0 spiro atoms. The van der Waals surface area contributed by atoms with Crippen molar-refractivity contribution in [3.63, 3.8) is 0 Å². The Hall–Kier alpha value is -0.710. The van der Waals surface area contributed by atoms with Crippen molar-refractivity contribution in [3.05, 3.63) is 37.5 Å². The average molecular weight is 280 g/mol. The van der Waals surface area contributed by atoms with Crippen molar-refractivity contribution < 1.29 is 0 Å². The van der Waals surface area contributed by atoms with Gasteiger partial charge in [0.15, 0.2) is 0 Å². The summed E-state index contributed by atoms with van der Waals surface area (Å²) in [6, 6.07) is 5.07. The van der Waals surface area contributed by atoms with Crippen molar-refractivity contribution in [3.8, 4) is 0 Å². The zero-order valence-electron chi connectivity index (χ0n) is 11.6. The second kappa shape index (κ2) is 5.51. The summed E-state index contributed by atoms with van der Waals surface area (Å²) < 4.78 is 0. The molecule has 1 N–H and O–H groups in total. The molecule has 0 aliphatic heterocycles. The first-order valence-electron chi connectivity index (χ1n) is 6.23. The second-order valence-electron chi connectivity index (χ2n) is 4.73.